The van der Waals surface area contributed by atoms with Crippen molar-refractivity contribution in [2.75, 3.05) is 6.54 Å². The van der Waals surface area contributed by atoms with E-state index in [2.05, 4.69) is 15.5 Å². The Balaban J connectivity index is 2.19. The first-order valence-corrected chi connectivity index (χ1v) is 5.85. The Bertz CT molecular complexity index is 511. The molecule has 5 nitrogen and oxygen atoms in total. The maximum atomic E-state index is 5.94. The molecule has 2 aromatic rings. The third kappa shape index (κ3) is 2.94. The lowest BCUT2D eigenvalue weighted by Gasteiger charge is -2.04. The quantitative estimate of drug-likeness (QED) is 0.916. The zero-order chi connectivity index (χ0) is 12.3. The van der Waals surface area contributed by atoms with Crippen molar-refractivity contribution in [3.63, 3.8) is 0 Å². The van der Waals surface area contributed by atoms with E-state index in [4.69, 9.17) is 28.9 Å². The average molecular weight is 272 g/mol. The molecule has 0 aliphatic heterocycles. The Hall–Kier alpha value is -1.17. The molecule has 7 heteroatoms. The van der Waals surface area contributed by atoms with Gasteiger partial charge in [-0.25, -0.2) is 4.68 Å². The maximum absolute atomic E-state index is 5.94. The zero-order valence-electron chi connectivity index (χ0n) is 8.98. The molecule has 0 radical (unpaired) electrons. The van der Waals surface area contributed by atoms with E-state index < -0.39 is 0 Å². The van der Waals surface area contributed by atoms with Crippen LogP contribution in [0.3, 0.4) is 0 Å². The molecule has 2 rings (SSSR count). The fourth-order valence-electron chi connectivity index (χ4n) is 1.48. The normalized spacial score (nSPS) is 10.8. The minimum absolute atomic E-state index is 0.499. The van der Waals surface area contributed by atoms with E-state index in [1.165, 1.54) is 0 Å². The molecule has 0 unspecified atom stereocenters. The van der Waals surface area contributed by atoms with Gasteiger partial charge in [-0.05, 0) is 28.1 Å². The summed E-state index contributed by atoms with van der Waals surface area (Å²) in [4.78, 5) is 0. The Morgan fingerprint density at radius 3 is 2.76 bits per heavy atom. The second-order valence-corrected chi connectivity index (χ2v) is 4.35. The molecule has 1 aromatic heterocycles. The van der Waals surface area contributed by atoms with Gasteiger partial charge in [-0.3, -0.25) is 0 Å². The number of rotatable bonds is 4. The summed E-state index contributed by atoms with van der Waals surface area (Å²) in [6.07, 6.45) is 0.601. The van der Waals surface area contributed by atoms with E-state index in [0.29, 0.717) is 29.6 Å². The standard InChI is InChI=1S/C10H11Cl2N5/c11-8-2-1-7(5-9(8)12)6-10-14-15-16-17(10)4-3-13/h1-2,5H,3-4,6,13H2. The summed E-state index contributed by atoms with van der Waals surface area (Å²) in [7, 11) is 0. The number of tetrazole rings is 1. The van der Waals surface area contributed by atoms with Gasteiger partial charge in [0.05, 0.1) is 16.6 Å². The van der Waals surface area contributed by atoms with Gasteiger partial charge in [0.1, 0.15) is 0 Å². The molecule has 2 N–H and O–H groups in total. The van der Waals surface area contributed by atoms with Crippen molar-refractivity contribution in [1.82, 2.24) is 20.2 Å². The van der Waals surface area contributed by atoms with Crippen LogP contribution in [0.5, 0.6) is 0 Å². The van der Waals surface area contributed by atoms with Crippen LogP contribution in [0.25, 0.3) is 0 Å². The zero-order valence-corrected chi connectivity index (χ0v) is 10.5. The number of hydrogen-bond donors (Lipinski definition) is 1. The van der Waals surface area contributed by atoms with Crippen molar-refractivity contribution in [1.29, 1.82) is 0 Å². The number of hydrogen-bond acceptors (Lipinski definition) is 4. The molecule has 0 fully saturated rings. The third-order valence-corrected chi connectivity index (χ3v) is 3.03. The van der Waals surface area contributed by atoms with Gasteiger partial charge in [0.25, 0.3) is 0 Å². The largest absolute Gasteiger partial charge is 0.329 e. The molecule has 0 bridgehead atoms. The van der Waals surface area contributed by atoms with Gasteiger partial charge in [0.2, 0.25) is 0 Å². The lowest BCUT2D eigenvalue weighted by molar-refractivity contribution is 0.578. The minimum atomic E-state index is 0.499. The van der Waals surface area contributed by atoms with Crippen molar-refractivity contribution in [2.45, 2.75) is 13.0 Å². The number of benzene rings is 1. The topological polar surface area (TPSA) is 69.6 Å². The predicted octanol–water partition coefficient (Wildman–Crippen LogP) is 1.53. The lowest BCUT2D eigenvalue weighted by Crippen LogP contribution is -2.14. The number of aromatic nitrogens is 4. The summed E-state index contributed by atoms with van der Waals surface area (Å²) in [5.41, 5.74) is 6.48. The Labute approximate surface area is 109 Å². The Kier molecular flexibility index (Phi) is 3.93. The number of nitrogens with zero attached hydrogens (tertiary/aromatic N) is 4. The van der Waals surface area contributed by atoms with Crippen LogP contribution < -0.4 is 5.73 Å². The van der Waals surface area contributed by atoms with Gasteiger partial charge in [-0.15, -0.1) is 5.10 Å². The van der Waals surface area contributed by atoms with Crippen LogP contribution in [0.1, 0.15) is 11.4 Å². The van der Waals surface area contributed by atoms with Gasteiger partial charge in [-0.1, -0.05) is 29.3 Å². The summed E-state index contributed by atoms with van der Waals surface area (Å²) < 4.78 is 1.68. The van der Waals surface area contributed by atoms with Crippen LogP contribution in [-0.2, 0) is 13.0 Å². The van der Waals surface area contributed by atoms with E-state index >= 15 is 0 Å². The molecule has 90 valence electrons. The molecule has 1 heterocycles. The molecule has 17 heavy (non-hydrogen) atoms. The maximum Gasteiger partial charge on any atom is 0.155 e. The second kappa shape index (κ2) is 5.44. The first-order valence-electron chi connectivity index (χ1n) is 5.09. The van der Waals surface area contributed by atoms with Crippen LogP contribution in [0.2, 0.25) is 10.0 Å². The molecule has 1 aromatic carbocycles. The Morgan fingerprint density at radius 2 is 2.06 bits per heavy atom. The molecule has 0 amide bonds. The van der Waals surface area contributed by atoms with Crippen molar-refractivity contribution >= 4 is 23.2 Å². The van der Waals surface area contributed by atoms with Crippen LogP contribution >= 0.6 is 23.2 Å². The highest BCUT2D eigenvalue weighted by Crippen LogP contribution is 2.23. The van der Waals surface area contributed by atoms with Crippen LogP contribution in [0, 0.1) is 0 Å². The van der Waals surface area contributed by atoms with Crippen LogP contribution in [0.15, 0.2) is 18.2 Å². The number of nitrogens with two attached hydrogens (primary N) is 1. The molecule has 0 spiro atoms. The molecular weight excluding hydrogens is 261 g/mol. The molecule has 0 saturated heterocycles. The van der Waals surface area contributed by atoms with Gasteiger partial charge in [0.15, 0.2) is 5.82 Å². The highest BCUT2D eigenvalue weighted by molar-refractivity contribution is 6.42. The lowest BCUT2D eigenvalue weighted by atomic mass is 10.1. The highest BCUT2D eigenvalue weighted by atomic mass is 35.5. The molecule has 0 aliphatic carbocycles. The highest BCUT2D eigenvalue weighted by Gasteiger charge is 2.07. The van der Waals surface area contributed by atoms with E-state index in [1.807, 2.05) is 12.1 Å². The van der Waals surface area contributed by atoms with Gasteiger partial charge in [0, 0.05) is 13.0 Å². The van der Waals surface area contributed by atoms with E-state index in [1.54, 1.807) is 10.7 Å². The molecule has 0 saturated carbocycles. The summed E-state index contributed by atoms with van der Waals surface area (Å²) in [6, 6.07) is 5.47. The predicted molar refractivity (Wildman–Crippen MR) is 66.1 cm³/mol. The first kappa shape index (κ1) is 12.3. The number of halogens is 2. The van der Waals surface area contributed by atoms with Gasteiger partial charge in [-0.2, -0.15) is 0 Å². The fraction of sp³-hybridized carbons (Fsp3) is 0.300. The fourth-order valence-corrected chi connectivity index (χ4v) is 1.80. The summed E-state index contributed by atoms with van der Waals surface area (Å²) >= 11 is 11.8. The molecule has 0 atom stereocenters. The summed E-state index contributed by atoms with van der Waals surface area (Å²) in [5.74, 6) is 0.758. The van der Waals surface area contributed by atoms with Gasteiger partial charge < -0.3 is 5.73 Å². The SMILES string of the molecule is NCCn1nnnc1Cc1ccc(Cl)c(Cl)c1. The second-order valence-electron chi connectivity index (χ2n) is 3.53. The van der Waals surface area contributed by atoms with E-state index in [-0.39, 0.29) is 0 Å². The smallest absolute Gasteiger partial charge is 0.155 e. The van der Waals surface area contributed by atoms with E-state index in [0.717, 1.165) is 11.4 Å². The minimum Gasteiger partial charge on any atom is -0.329 e. The van der Waals surface area contributed by atoms with Crippen LogP contribution in [0.4, 0.5) is 0 Å². The van der Waals surface area contributed by atoms with E-state index in [9.17, 15) is 0 Å². The van der Waals surface area contributed by atoms with Crippen molar-refractivity contribution < 1.29 is 0 Å². The Morgan fingerprint density at radius 1 is 1.24 bits per heavy atom. The summed E-state index contributed by atoms with van der Waals surface area (Å²) in [6.45, 7) is 1.10. The molecular formula is C10H11Cl2N5. The van der Waals surface area contributed by atoms with Crippen molar-refractivity contribution in [3.8, 4) is 0 Å². The monoisotopic (exact) mass is 271 g/mol. The first-order chi connectivity index (χ1) is 8.20. The summed E-state index contributed by atoms with van der Waals surface area (Å²) in [5, 5.41) is 12.5. The van der Waals surface area contributed by atoms with Crippen LogP contribution in [-0.4, -0.2) is 26.8 Å². The third-order valence-electron chi connectivity index (χ3n) is 2.29. The van der Waals surface area contributed by atoms with Crippen molar-refractivity contribution in [2.24, 2.45) is 5.73 Å². The van der Waals surface area contributed by atoms with Gasteiger partial charge >= 0.3 is 0 Å². The molecule has 0 aliphatic rings. The average Bonchev–Trinajstić information content (AvgIpc) is 2.72. The van der Waals surface area contributed by atoms with Crippen molar-refractivity contribution in [3.05, 3.63) is 39.6 Å².